The Morgan fingerprint density at radius 1 is 1.65 bits per heavy atom. The number of carbonyl (C=O) groups is 1. The van der Waals surface area contributed by atoms with E-state index in [1.54, 1.807) is 23.4 Å². The maximum atomic E-state index is 12.5. The summed E-state index contributed by atoms with van der Waals surface area (Å²) in [5.74, 6) is -2.18. The minimum atomic E-state index is -2.50. The van der Waals surface area contributed by atoms with Gasteiger partial charge in [0.2, 0.25) is 0 Å². The van der Waals surface area contributed by atoms with Gasteiger partial charge in [0.15, 0.2) is 0 Å². The van der Waals surface area contributed by atoms with Gasteiger partial charge in [-0.3, -0.25) is 4.79 Å². The van der Waals surface area contributed by atoms with Gasteiger partial charge in [-0.2, -0.15) is 8.78 Å². The van der Waals surface area contributed by atoms with Gasteiger partial charge < -0.3 is 9.80 Å². The number of halogens is 2. The van der Waals surface area contributed by atoms with Crippen molar-refractivity contribution in [2.45, 2.75) is 17.1 Å². The molecule has 1 aromatic heterocycles. The lowest BCUT2D eigenvalue weighted by atomic mass is 10.1. The topological polar surface area (TPSA) is 23.6 Å². The molecule has 7 heteroatoms. The molecule has 1 saturated heterocycles. The van der Waals surface area contributed by atoms with Crippen LogP contribution in [0.25, 0.3) is 0 Å². The molecule has 0 bridgehead atoms. The van der Waals surface area contributed by atoms with E-state index in [1.807, 2.05) is 0 Å². The van der Waals surface area contributed by atoms with Crippen LogP contribution in [0.4, 0.5) is 8.78 Å². The van der Waals surface area contributed by atoms with Crippen molar-refractivity contribution in [3.8, 4) is 0 Å². The fourth-order valence-corrected chi connectivity index (χ4v) is 4.15. The summed E-state index contributed by atoms with van der Waals surface area (Å²) < 4.78 is 24.9. The van der Waals surface area contributed by atoms with E-state index in [-0.39, 0.29) is 5.91 Å². The second-order valence-electron chi connectivity index (χ2n) is 5.10. The first-order valence-electron chi connectivity index (χ1n) is 6.43. The summed E-state index contributed by atoms with van der Waals surface area (Å²) in [5, 5.41) is 1.69. The van der Waals surface area contributed by atoms with Crippen LogP contribution in [0.2, 0.25) is 0 Å². The number of thioether (sulfide) groups is 1. The van der Waals surface area contributed by atoms with Gasteiger partial charge in [-0.25, -0.2) is 0 Å². The van der Waals surface area contributed by atoms with Gasteiger partial charge in [-0.05, 0) is 37.4 Å². The first-order valence-corrected chi connectivity index (χ1v) is 8.19. The number of rotatable bonds is 5. The number of amides is 1. The Morgan fingerprint density at radius 2 is 2.40 bits per heavy atom. The van der Waals surface area contributed by atoms with Crippen LogP contribution in [0.1, 0.15) is 16.1 Å². The van der Waals surface area contributed by atoms with Gasteiger partial charge in [0.25, 0.3) is 11.7 Å². The summed E-state index contributed by atoms with van der Waals surface area (Å²) in [4.78, 5) is 17.0. The molecule has 1 aliphatic heterocycles. The Labute approximate surface area is 125 Å². The van der Waals surface area contributed by atoms with Gasteiger partial charge >= 0.3 is 0 Å². The molecule has 0 spiro atoms. The molecule has 1 amide bonds. The molecule has 0 aromatic carbocycles. The number of alkyl halides is 2. The Bertz CT molecular complexity index is 467. The lowest BCUT2D eigenvalue weighted by molar-refractivity contribution is 0.0775. The maximum Gasteiger partial charge on any atom is 0.288 e. The number of carbonyl (C=O) groups excluding carboxylic acids is 1. The minimum Gasteiger partial charge on any atom is -0.341 e. The minimum absolute atomic E-state index is 0.155. The average molecular weight is 320 g/mol. The molecule has 0 unspecified atom stereocenters. The van der Waals surface area contributed by atoms with Crippen LogP contribution >= 0.6 is 23.1 Å². The van der Waals surface area contributed by atoms with Crippen molar-refractivity contribution in [3.05, 3.63) is 16.3 Å². The maximum absolute atomic E-state index is 12.5. The molecule has 1 atom stereocenters. The van der Waals surface area contributed by atoms with Crippen molar-refractivity contribution >= 4 is 29.0 Å². The number of likely N-dealkylation sites (tertiary alicyclic amines) is 1. The molecule has 3 nitrogen and oxygen atoms in total. The Morgan fingerprint density at radius 3 is 3.00 bits per heavy atom. The number of hydrogen-bond donors (Lipinski definition) is 0. The van der Waals surface area contributed by atoms with E-state index in [0.29, 0.717) is 34.0 Å². The Balaban J connectivity index is 1.98. The molecule has 0 N–H and O–H groups in total. The predicted octanol–water partition coefficient (Wildman–Crippen LogP) is 3.09. The molecular formula is C13H18F2N2OS2. The van der Waals surface area contributed by atoms with Crippen molar-refractivity contribution in [3.63, 3.8) is 0 Å². The quantitative estimate of drug-likeness (QED) is 0.779. The first kappa shape index (κ1) is 15.7. The molecule has 20 heavy (non-hydrogen) atoms. The highest BCUT2D eigenvalue weighted by Gasteiger charge is 2.25. The van der Waals surface area contributed by atoms with Gasteiger partial charge in [-0.1, -0.05) is 11.8 Å². The molecule has 1 fully saturated rings. The monoisotopic (exact) mass is 320 g/mol. The van der Waals surface area contributed by atoms with Crippen LogP contribution in [0.3, 0.4) is 0 Å². The van der Waals surface area contributed by atoms with Gasteiger partial charge in [0.05, 0.1) is 0 Å². The summed E-state index contributed by atoms with van der Waals surface area (Å²) in [6.45, 7) is 2.72. The van der Waals surface area contributed by atoms with Gasteiger partial charge in [0.1, 0.15) is 4.88 Å². The summed E-state index contributed by atoms with van der Waals surface area (Å²) >= 11 is 1.67. The summed E-state index contributed by atoms with van der Waals surface area (Å²) in [6, 6.07) is 1.59. The lowest BCUT2D eigenvalue weighted by Crippen LogP contribution is -2.32. The van der Waals surface area contributed by atoms with Crippen molar-refractivity contribution in [1.29, 1.82) is 0 Å². The highest BCUT2D eigenvalue weighted by molar-refractivity contribution is 7.99. The van der Waals surface area contributed by atoms with Crippen LogP contribution in [-0.4, -0.2) is 55.2 Å². The zero-order chi connectivity index (χ0) is 14.7. The molecule has 112 valence electrons. The zero-order valence-electron chi connectivity index (χ0n) is 11.5. The van der Waals surface area contributed by atoms with Crippen LogP contribution in [-0.2, 0) is 0 Å². The van der Waals surface area contributed by atoms with Crippen LogP contribution < -0.4 is 0 Å². The fourth-order valence-electron chi connectivity index (χ4n) is 2.46. The molecule has 1 aromatic rings. The van der Waals surface area contributed by atoms with E-state index in [1.165, 1.54) is 11.3 Å². The molecule has 2 rings (SSSR count). The summed E-state index contributed by atoms with van der Waals surface area (Å²) in [7, 11) is 3.82. The van der Waals surface area contributed by atoms with E-state index >= 15 is 0 Å². The third-order valence-electron chi connectivity index (χ3n) is 3.41. The van der Waals surface area contributed by atoms with Crippen LogP contribution in [0, 0.1) is 5.92 Å². The summed E-state index contributed by atoms with van der Waals surface area (Å²) in [6.07, 6.45) is 1.08. The summed E-state index contributed by atoms with van der Waals surface area (Å²) in [5.41, 5.74) is 0. The van der Waals surface area contributed by atoms with E-state index in [4.69, 9.17) is 0 Å². The molecule has 0 radical (unpaired) electrons. The third kappa shape index (κ3) is 3.93. The van der Waals surface area contributed by atoms with Crippen molar-refractivity contribution in [2.24, 2.45) is 5.92 Å². The number of hydrogen-bond acceptors (Lipinski definition) is 4. The molecule has 0 aliphatic carbocycles. The highest BCUT2D eigenvalue weighted by atomic mass is 32.2. The van der Waals surface area contributed by atoms with E-state index in [0.717, 1.165) is 19.5 Å². The first-order chi connectivity index (χ1) is 9.47. The third-order valence-corrected chi connectivity index (χ3v) is 5.21. The smallest absolute Gasteiger partial charge is 0.288 e. The van der Waals surface area contributed by atoms with Crippen molar-refractivity contribution < 1.29 is 13.6 Å². The van der Waals surface area contributed by atoms with Crippen LogP contribution in [0.15, 0.2) is 16.3 Å². The van der Waals surface area contributed by atoms with Gasteiger partial charge in [0, 0.05) is 25.0 Å². The second kappa shape index (κ2) is 6.87. The Hall–Kier alpha value is -0.660. The number of nitrogens with zero attached hydrogens (tertiary/aromatic N) is 2. The molecular weight excluding hydrogens is 302 g/mol. The SMILES string of the molecule is CN1CC[C@@H](CN(C)C(=O)c2sccc2SC(F)F)C1. The second-order valence-corrected chi connectivity index (χ2v) is 7.04. The van der Waals surface area contributed by atoms with E-state index in [9.17, 15) is 13.6 Å². The zero-order valence-corrected chi connectivity index (χ0v) is 13.1. The standard InChI is InChI=1S/C13H18F2N2OS2/c1-16-5-3-9(7-16)8-17(2)12(18)11-10(4-6-19-11)20-13(14)15/h4,6,9,13H,3,5,7-8H2,1-2H3/t9-/m1/s1. The molecule has 0 saturated carbocycles. The van der Waals surface area contributed by atoms with Crippen LogP contribution in [0.5, 0.6) is 0 Å². The largest absolute Gasteiger partial charge is 0.341 e. The van der Waals surface area contributed by atoms with Crippen molar-refractivity contribution in [2.75, 3.05) is 33.7 Å². The van der Waals surface area contributed by atoms with E-state index < -0.39 is 5.76 Å². The molecule has 2 heterocycles. The predicted molar refractivity (Wildman–Crippen MR) is 78.7 cm³/mol. The fraction of sp³-hybridized carbons (Fsp3) is 0.615. The van der Waals surface area contributed by atoms with Gasteiger partial charge in [-0.15, -0.1) is 11.3 Å². The lowest BCUT2D eigenvalue weighted by Gasteiger charge is -2.21. The molecule has 1 aliphatic rings. The van der Waals surface area contributed by atoms with E-state index in [2.05, 4.69) is 11.9 Å². The van der Waals surface area contributed by atoms with Crippen molar-refractivity contribution in [1.82, 2.24) is 9.80 Å². The Kier molecular flexibility index (Phi) is 5.40. The normalized spacial score (nSPS) is 19.8. The average Bonchev–Trinajstić information content (AvgIpc) is 2.97. The number of thiophene rings is 1. The highest BCUT2D eigenvalue weighted by Crippen LogP contribution is 2.32.